The second kappa shape index (κ2) is 18.2. The Hall–Kier alpha value is -6.31. The van der Waals surface area contributed by atoms with Crippen molar-refractivity contribution in [3.8, 4) is 5.69 Å². The first-order valence-corrected chi connectivity index (χ1v) is 21.6. The smallest absolute Gasteiger partial charge is 0.329 e. The number of carbonyl (C=O) groups is 3. The minimum Gasteiger partial charge on any atom is -0.376 e. The van der Waals surface area contributed by atoms with Gasteiger partial charge in [0.2, 0.25) is 11.8 Å². The van der Waals surface area contributed by atoms with Gasteiger partial charge in [-0.05, 0) is 86.5 Å². The number of carbonyl (C=O) groups excluding carboxylic acids is 3. The number of morpholine rings is 1. The van der Waals surface area contributed by atoms with Crippen LogP contribution in [0.3, 0.4) is 0 Å². The molecule has 63 heavy (non-hydrogen) atoms. The lowest BCUT2D eigenvalue weighted by molar-refractivity contribution is -0.135. The number of amides is 3. The fraction of sp³-hybridized carbons (Fsp3) is 0.432. The average Bonchev–Trinajstić information content (AvgIpc) is 3.98. The van der Waals surface area contributed by atoms with E-state index >= 15 is 0 Å². The largest absolute Gasteiger partial charge is 0.376 e. The maximum absolute atomic E-state index is 14.2. The van der Waals surface area contributed by atoms with Crippen LogP contribution in [0.1, 0.15) is 71.8 Å². The Labute approximate surface area is 361 Å². The Morgan fingerprint density at radius 3 is 2.57 bits per heavy atom. The predicted molar refractivity (Wildman–Crippen MR) is 231 cm³/mol. The molecule has 330 valence electrons. The SMILES string of the molecule is Cn1c(=O)n(C2CCC(=O)NC2=O)c2ccc(CCCN3CCO[C@@H](CCCc4ccc(-n5cc(NC(=O)c6cnn7ccc(N8CCNCC8)nc67)c(C(F)F)n5)cc4)C3)cc21. The number of rotatable bonds is 14. The number of benzene rings is 2. The molecule has 3 N–H and O–H groups in total. The lowest BCUT2D eigenvalue weighted by Crippen LogP contribution is -2.44. The van der Waals surface area contributed by atoms with Gasteiger partial charge >= 0.3 is 5.69 Å². The zero-order valence-electron chi connectivity index (χ0n) is 35.0. The summed E-state index contributed by atoms with van der Waals surface area (Å²) in [5, 5.41) is 16.7. The highest BCUT2D eigenvalue weighted by Crippen LogP contribution is 2.29. The van der Waals surface area contributed by atoms with E-state index in [4.69, 9.17) is 4.74 Å². The van der Waals surface area contributed by atoms with Gasteiger partial charge in [-0.25, -0.2) is 27.8 Å². The number of alkyl halides is 2. The lowest BCUT2D eigenvalue weighted by atomic mass is 10.0. The lowest BCUT2D eigenvalue weighted by Gasteiger charge is -2.33. The van der Waals surface area contributed by atoms with Crippen LogP contribution in [0.15, 0.2) is 71.9 Å². The molecule has 1 unspecified atom stereocenters. The molecule has 19 heteroatoms. The van der Waals surface area contributed by atoms with Crippen molar-refractivity contribution < 1.29 is 27.9 Å². The van der Waals surface area contributed by atoms with Crippen LogP contribution >= 0.6 is 0 Å². The van der Waals surface area contributed by atoms with Crippen LogP contribution in [0.25, 0.3) is 22.4 Å². The number of anilines is 2. The van der Waals surface area contributed by atoms with Gasteiger partial charge in [0.25, 0.3) is 12.3 Å². The van der Waals surface area contributed by atoms with E-state index in [1.807, 2.05) is 48.5 Å². The van der Waals surface area contributed by atoms with Crippen molar-refractivity contribution in [2.45, 2.75) is 63.5 Å². The van der Waals surface area contributed by atoms with E-state index < -0.39 is 30.0 Å². The first kappa shape index (κ1) is 42.0. The fourth-order valence-electron chi connectivity index (χ4n) is 8.86. The molecule has 7 heterocycles. The van der Waals surface area contributed by atoms with E-state index in [2.05, 4.69) is 40.9 Å². The van der Waals surface area contributed by atoms with E-state index in [0.717, 1.165) is 94.6 Å². The number of halogens is 2. The highest BCUT2D eigenvalue weighted by atomic mass is 19.3. The number of fused-ring (bicyclic) bond motifs is 2. The molecule has 3 aliphatic rings. The molecule has 3 saturated heterocycles. The number of piperazine rings is 1. The summed E-state index contributed by atoms with van der Waals surface area (Å²) in [5.74, 6) is -0.650. The van der Waals surface area contributed by atoms with E-state index in [9.17, 15) is 28.0 Å². The van der Waals surface area contributed by atoms with Crippen molar-refractivity contribution in [3.05, 3.63) is 100.0 Å². The van der Waals surface area contributed by atoms with Crippen LogP contribution in [0.2, 0.25) is 0 Å². The van der Waals surface area contributed by atoms with Gasteiger partial charge < -0.3 is 20.3 Å². The molecule has 3 aliphatic heterocycles. The molecule has 4 aromatic heterocycles. The van der Waals surface area contributed by atoms with E-state index in [0.29, 0.717) is 35.7 Å². The fourth-order valence-corrected chi connectivity index (χ4v) is 8.86. The van der Waals surface area contributed by atoms with Crippen LogP contribution in [0, 0.1) is 0 Å². The Kier molecular flexibility index (Phi) is 12.1. The van der Waals surface area contributed by atoms with Crippen molar-refractivity contribution >= 4 is 45.9 Å². The van der Waals surface area contributed by atoms with Gasteiger partial charge in [0.15, 0.2) is 11.3 Å². The van der Waals surface area contributed by atoms with Crippen LogP contribution in [0.4, 0.5) is 20.3 Å². The van der Waals surface area contributed by atoms with Crippen molar-refractivity contribution in [1.82, 2.24) is 49.0 Å². The summed E-state index contributed by atoms with van der Waals surface area (Å²) in [4.78, 5) is 60.0. The number of aromatic nitrogens is 7. The van der Waals surface area contributed by atoms with Crippen molar-refractivity contribution in [2.24, 2.45) is 7.05 Å². The van der Waals surface area contributed by atoms with E-state index in [1.165, 1.54) is 26.2 Å². The second-order valence-corrected chi connectivity index (χ2v) is 16.4. The Morgan fingerprint density at radius 2 is 1.78 bits per heavy atom. The van der Waals surface area contributed by atoms with Crippen LogP contribution in [0.5, 0.6) is 0 Å². The molecule has 0 radical (unpaired) electrons. The quantitative estimate of drug-likeness (QED) is 0.136. The van der Waals surface area contributed by atoms with Gasteiger partial charge in [-0.15, -0.1) is 0 Å². The third kappa shape index (κ3) is 8.98. The normalized spacial score (nSPS) is 18.8. The molecule has 0 aliphatic carbocycles. The molecule has 9 rings (SSSR count). The molecular formula is C44H50F2N12O5. The van der Waals surface area contributed by atoms with E-state index in [1.54, 1.807) is 17.8 Å². The third-order valence-corrected chi connectivity index (χ3v) is 12.3. The molecule has 17 nitrogen and oxygen atoms in total. The summed E-state index contributed by atoms with van der Waals surface area (Å²) in [6.07, 6.45) is 6.63. The topological polar surface area (TPSA) is 178 Å². The maximum Gasteiger partial charge on any atom is 0.329 e. The number of hydrogen-bond acceptors (Lipinski definition) is 11. The minimum atomic E-state index is -2.92. The number of hydrogen-bond donors (Lipinski definition) is 3. The summed E-state index contributed by atoms with van der Waals surface area (Å²) in [7, 11) is 1.71. The van der Waals surface area contributed by atoms with Gasteiger partial charge in [-0.2, -0.15) is 10.2 Å². The molecule has 3 fully saturated rings. The van der Waals surface area contributed by atoms with E-state index in [-0.39, 0.29) is 35.4 Å². The summed E-state index contributed by atoms with van der Waals surface area (Å²) in [6, 6.07) is 14.7. The van der Waals surface area contributed by atoms with Crippen LogP contribution in [-0.4, -0.2) is 115 Å². The molecular weight excluding hydrogens is 815 g/mol. The Bertz CT molecular complexity index is 2700. The highest BCUT2D eigenvalue weighted by molar-refractivity contribution is 6.08. The molecule has 2 atom stereocenters. The molecule has 2 aromatic carbocycles. The molecule has 0 spiro atoms. The van der Waals surface area contributed by atoms with Crippen molar-refractivity contribution in [1.29, 1.82) is 0 Å². The standard InChI is InChI=1S/C44H50F2N12O5/c1-53-36-24-29(9-12-34(36)58(44(53)62)35-13-14-38(59)51-43(35)61)5-3-18-54-22-23-63-31(26-54)6-2-4-28-7-10-30(11-8-28)57-27-33(39(52-57)40(45)46)49-42(60)32-25-48-56-19-15-37(50-41(32)56)55-20-16-47-17-21-55/h7-12,15,19,24-25,27,31,35,40,47H,2-6,13-14,16-18,20-23,26H2,1H3,(H,49,60)(H,51,59,61)/t31-,35?/m0/s1. The van der Waals surface area contributed by atoms with Crippen molar-refractivity contribution in [3.63, 3.8) is 0 Å². The monoisotopic (exact) mass is 864 g/mol. The number of nitrogens with one attached hydrogen (secondary N) is 3. The summed E-state index contributed by atoms with van der Waals surface area (Å²) >= 11 is 0. The highest BCUT2D eigenvalue weighted by Gasteiger charge is 2.31. The number of aryl methyl sites for hydroxylation is 3. The molecule has 3 amide bonds. The van der Waals surface area contributed by atoms with Gasteiger partial charge in [0, 0.05) is 58.9 Å². The first-order valence-electron chi connectivity index (χ1n) is 21.6. The van der Waals surface area contributed by atoms with Crippen LogP contribution in [-0.2, 0) is 34.2 Å². The van der Waals surface area contributed by atoms with Gasteiger partial charge in [0.05, 0.1) is 47.5 Å². The average molecular weight is 865 g/mol. The third-order valence-electron chi connectivity index (χ3n) is 12.3. The molecule has 0 saturated carbocycles. The van der Waals surface area contributed by atoms with Gasteiger partial charge in [0.1, 0.15) is 17.4 Å². The van der Waals surface area contributed by atoms with Gasteiger partial charge in [-0.1, -0.05) is 18.2 Å². The zero-order chi connectivity index (χ0) is 43.6. The van der Waals surface area contributed by atoms with Crippen LogP contribution < -0.4 is 26.5 Å². The number of piperidine rings is 1. The zero-order valence-corrected chi connectivity index (χ0v) is 35.0. The Balaban J connectivity index is 0.757. The van der Waals surface area contributed by atoms with Gasteiger partial charge in [-0.3, -0.25) is 33.7 Å². The van der Waals surface area contributed by atoms with Crippen molar-refractivity contribution in [2.75, 3.05) is 62.6 Å². The predicted octanol–water partition coefficient (Wildman–Crippen LogP) is 3.80. The molecule has 0 bridgehead atoms. The molecule has 6 aromatic rings. The minimum absolute atomic E-state index is 0.0907. The second-order valence-electron chi connectivity index (χ2n) is 16.4. The summed E-state index contributed by atoms with van der Waals surface area (Å²) < 4.78 is 40.4. The number of imide groups is 1. The maximum atomic E-state index is 14.2. The Morgan fingerprint density at radius 1 is 0.984 bits per heavy atom. The first-order chi connectivity index (χ1) is 30.6. The summed E-state index contributed by atoms with van der Waals surface area (Å²) in [6.45, 7) is 6.49. The number of ether oxygens (including phenoxy) is 1. The number of imidazole rings is 1. The number of nitrogens with zero attached hydrogens (tertiary/aromatic N) is 9. The summed E-state index contributed by atoms with van der Waals surface area (Å²) in [5.41, 5.74) is 3.84.